The van der Waals surface area contributed by atoms with Crippen molar-refractivity contribution in [1.29, 1.82) is 0 Å². The van der Waals surface area contributed by atoms with Crippen LogP contribution in [0.25, 0.3) is 0 Å². The second-order valence-electron chi connectivity index (χ2n) is 3.95. The molecule has 0 heterocycles. The second kappa shape index (κ2) is 8.55. The molecule has 5 heteroatoms. The van der Waals surface area contributed by atoms with Crippen molar-refractivity contribution in [2.75, 3.05) is 19.8 Å². The summed E-state index contributed by atoms with van der Waals surface area (Å²) in [6, 6.07) is 10.5. The summed E-state index contributed by atoms with van der Waals surface area (Å²) in [6.45, 7) is 7.57. The molecule has 0 radical (unpaired) electrons. The van der Waals surface area contributed by atoms with E-state index < -0.39 is 8.80 Å². The molecule has 0 bridgehead atoms. The molecule has 0 N–H and O–H groups in total. The normalized spacial score (nSPS) is 11.5. The van der Waals surface area contributed by atoms with Crippen LogP contribution in [0.2, 0.25) is 6.04 Å². The van der Waals surface area contributed by atoms with Crippen LogP contribution in [0, 0.1) is 0 Å². The Balaban J connectivity index is 2.83. The first-order chi connectivity index (χ1) is 9.17. The zero-order valence-corrected chi connectivity index (χ0v) is 13.7. The third-order valence-electron chi connectivity index (χ3n) is 2.57. The van der Waals surface area contributed by atoms with Crippen LogP contribution in [0.5, 0.6) is 0 Å². The Bertz CT molecular complexity index is 367. The fraction of sp³-hybridized carbons (Fsp3) is 0.500. The van der Waals surface area contributed by atoms with Gasteiger partial charge in [-0.1, -0.05) is 42.5 Å². The van der Waals surface area contributed by atoms with Crippen molar-refractivity contribution in [3.8, 4) is 0 Å². The average molecular weight is 298 g/mol. The van der Waals surface area contributed by atoms with Gasteiger partial charge in [-0.25, -0.2) is 0 Å². The largest absolute Gasteiger partial charge is 0.506 e. The Hall–Kier alpha value is -0.593. The topological polar surface area (TPSA) is 27.7 Å². The number of benzene rings is 1. The van der Waals surface area contributed by atoms with Gasteiger partial charge in [-0.2, -0.15) is 0 Å². The number of thiocarbonyl (C=S) groups is 1. The minimum absolute atomic E-state index is 0.557. The highest BCUT2D eigenvalue weighted by Gasteiger charge is 2.41. The smallest absolute Gasteiger partial charge is 0.374 e. The SMILES string of the molecule is CCO[Si](CC(=S)c1ccccc1)(OCC)OCC. The van der Waals surface area contributed by atoms with Crippen molar-refractivity contribution in [3.05, 3.63) is 35.9 Å². The third kappa shape index (κ3) is 5.12. The maximum atomic E-state index is 5.81. The Labute approximate surface area is 122 Å². The molecule has 1 rings (SSSR count). The molecule has 0 atom stereocenters. The van der Waals surface area contributed by atoms with Crippen LogP contribution in [-0.4, -0.2) is 33.5 Å². The fourth-order valence-electron chi connectivity index (χ4n) is 1.86. The van der Waals surface area contributed by atoms with Crippen LogP contribution in [0.3, 0.4) is 0 Å². The lowest BCUT2D eigenvalue weighted by Gasteiger charge is -2.28. The van der Waals surface area contributed by atoms with Crippen molar-refractivity contribution < 1.29 is 13.3 Å². The summed E-state index contributed by atoms with van der Waals surface area (Å²) in [6.07, 6.45) is 0. The Morgan fingerprint density at radius 3 is 1.84 bits per heavy atom. The van der Waals surface area contributed by atoms with E-state index in [1.54, 1.807) is 0 Å². The van der Waals surface area contributed by atoms with Gasteiger partial charge in [0.25, 0.3) is 0 Å². The van der Waals surface area contributed by atoms with Gasteiger partial charge < -0.3 is 13.3 Å². The van der Waals surface area contributed by atoms with Gasteiger partial charge >= 0.3 is 8.80 Å². The van der Waals surface area contributed by atoms with Gasteiger partial charge in [0.15, 0.2) is 0 Å². The Morgan fingerprint density at radius 2 is 1.42 bits per heavy atom. The van der Waals surface area contributed by atoms with E-state index in [1.165, 1.54) is 0 Å². The summed E-state index contributed by atoms with van der Waals surface area (Å²) in [5.74, 6) is 0. The molecule has 1 aromatic carbocycles. The minimum Gasteiger partial charge on any atom is -0.374 e. The average Bonchev–Trinajstić information content (AvgIpc) is 2.40. The van der Waals surface area contributed by atoms with Crippen molar-refractivity contribution in [1.82, 2.24) is 0 Å². The van der Waals surface area contributed by atoms with E-state index in [0.29, 0.717) is 25.9 Å². The molecular formula is C14H22O3SSi. The molecule has 0 saturated heterocycles. The molecule has 0 unspecified atom stereocenters. The molecule has 3 nitrogen and oxygen atoms in total. The maximum Gasteiger partial charge on any atom is 0.506 e. The zero-order valence-electron chi connectivity index (χ0n) is 11.8. The maximum absolute atomic E-state index is 5.81. The first kappa shape index (κ1) is 16.5. The van der Waals surface area contributed by atoms with Crippen LogP contribution >= 0.6 is 12.2 Å². The van der Waals surface area contributed by atoms with Gasteiger partial charge in [0.2, 0.25) is 0 Å². The highest BCUT2D eigenvalue weighted by molar-refractivity contribution is 7.81. The molecule has 0 amide bonds. The number of hydrogen-bond donors (Lipinski definition) is 0. The number of hydrogen-bond acceptors (Lipinski definition) is 4. The predicted octanol–water partition coefficient (Wildman–Crippen LogP) is 3.45. The third-order valence-corrected chi connectivity index (χ3v) is 6.17. The molecule has 1 aromatic rings. The van der Waals surface area contributed by atoms with Gasteiger partial charge in [0, 0.05) is 24.7 Å². The predicted molar refractivity (Wildman–Crippen MR) is 83.6 cm³/mol. The zero-order chi connectivity index (χ0) is 14.1. The van der Waals surface area contributed by atoms with Crippen molar-refractivity contribution in [2.24, 2.45) is 0 Å². The van der Waals surface area contributed by atoms with E-state index in [-0.39, 0.29) is 0 Å². The second-order valence-corrected chi connectivity index (χ2v) is 7.03. The lowest BCUT2D eigenvalue weighted by Crippen LogP contribution is -2.47. The van der Waals surface area contributed by atoms with E-state index in [1.807, 2.05) is 51.1 Å². The molecule has 0 aliphatic rings. The van der Waals surface area contributed by atoms with E-state index in [0.717, 1.165) is 10.4 Å². The van der Waals surface area contributed by atoms with Gasteiger partial charge in [0.05, 0.1) is 6.04 Å². The summed E-state index contributed by atoms with van der Waals surface area (Å²) in [5, 5.41) is 0. The van der Waals surface area contributed by atoms with E-state index in [2.05, 4.69) is 0 Å². The lowest BCUT2D eigenvalue weighted by molar-refractivity contribution is 0.0755. The summed E-state index contributed by atoms with van der Waals surface area (Å²) in [4.78, 5) is 0.836. The molecule has 0 aliphatic carbocycles. The highest BCUT2D eigenvalue weighted by Crippen LogP contribution is 2.20. The quantitative estimate of drug-likeness (QED) is 0.396. The molecule has 0 aliphatic heterocycles. The molecule has 106 valence electrons. The number of rotatable bonds is 9. The van der Waals surface area contributed by atoms with Crippen LogP contribution in [0.1, 0.15) is 26.3 Å². The summed E-state index contributed by atoms with van der Waals surface area (Å²) < 4.78 is 17.4. The van der Waals surface area contributed by atoms with E-state index in [9.17, 15) is 0 Å². The van der Waals surface area contributed by atoms with Crippen LogP contribution in [0.15, 0.2) is 30.3 Å². The van der Waals surface area contributed by atoms with E-state index >= 15 is 0 Å². The minimum atomic E-state index is -2.68. The monoisotopic (exact) mass is 298 g/mol. The summed E-state index contributed by atoms with van der Waals surface area (Å²) >= 11 is 5.51. The molecule has 0 spiro atoms. The van der Waals surface area contributed by atoms with Crippen LogP contribution < -0.4 is 0 Å². The van der Waals surface area contributed by atoms with Crippen molar-refractivity contribution in [2.45, 2.75) is 26.8 Å². The molecule has 0 saturated carbocycles. The first-order valence-corrected chi connectivity index (χ1v) is 9.01. The van der Waals surface area contributed by atoms with Gasteiger partial charge in [-0.15, -0.1) is 0 Å². The molecule has 0 aromatic heterocycles. The molecular weight excluding hydrogens is 276 g/mol. The summed E-state index contributed by atoms with van der Waals surface area (Å²) in [7, 11) is -2.68. The van der Waals surface area contributed by atoms with E-state index in [4.69, 9.17) is 25.5 Å². The van der Waals surface area contributed by atoms with Crippen LogP contribution in [-0.2, 0) is 13.3 Å². The van der Waals surface area contributed by atoms with Crippen molar-refractivity contribution in [3.63, 3.8) is 0 Å². The molecule has 19 heavy (non-hydrogen) atoms. The first-order valence-electron chi connectivity index (χ1n) is 6.67. The van der Waals surface area contributed by atoms with Gasteiger partial charge in [-0.3, -0.25) is 0 Å². The standard InChI is InChI=1S/C14H22O3SSi/c1-4-15-19(16-5-2,17-6-3)12-14(18)13-10-8-7-9-11-13/h7-11H,4-6,12H2,1-3H3. The fourth-order valence-corrected chi connectivity index (χ4v) is 5.00. The molecule has 0 fully saturated rings. The van der Waals surface area contributed by atoms with Gasteiger partial charge in [-0.05, 0) is 26.3 Å². The Morgan fingerprint density at radius 1 is 0.947 bits per heavy atom. The van der Waals surface area contributed by atoms with Crippen LogP contribution in [0.4, 0.5) is 0 Å². The highest BCUT2D eigenvalue weighted by atomic mass is 32.1. The van der Waals surface area contributed by atoms with Gasteiger partial charge in [0.1, 0.15) is 0 Å². The Kier molecular flexibility index (Phi) is 7.41. The summed E-state index contributed by atoms with van der Waals surface area (Å²) in [5.41, 5.74) is 1.04. The van der Waals surface area contributed by atoms with Crippen molar-refractivity contribution >= 4 is 25.9 Å². The lowest BCUT2D eigenvalue weighted by atomic mass is 10.2.